The molecule has 0 unspecified atom stereocenters. The van der Waals surface area contributed by atoms with Gasteiger partial charge in [-0.15, -0.1) is 0 Å². The zero-order chi connectivity index (χ0) is 17.6. The maximum Gasteiger partial charge on any atom is 0.275 e. The first-order chi connectivity index (χ1) is 12.2. The Hall–Kier alpha value is -3.08. The molecule has 0 radical (unpaired) electrons. The zero-order valence-corrected chi connectivity index (χ0v) is 14.3. The molecule has 128 valence electrons. The van der Waals surface area contributed by atoms with Gasteiger partial charge in [-0.05, 0) is 36.3 Å². The van der Waals surface area contributed by atoms with E-state index in [4.69, 9.17) is 9.47 Å². The first-order valence-electron chi connectivity index (χ1n) is 8.06. The summed E-state index contributed by atoms with van der Waals surface area (Å²) in [4.78, 5) is 16.6. The topological polar surface area (TPSA) is 59.9 Å². The second kappa shape index (κ2) is 7.66. The van der Waals surface area contributed by atoms with Gasteiger partial charge in [0.05, 0.1) is 14.2 Å². The van der Waals surface area contributed by atoms with E-state index in [1.54, 1.807) is 20.3 Å². The Balaban J connectivity index is 1.70. The number of hydrogen-bond acceptors (Lipinski definition) is 4. The molecule has 3 rings (SSSR count). The number of aliphatic imine (C=N–C) groups is 1. The molecule has 0 saturated carbocycles. The highest BCUT2D eigenvalue weighted by Crippen LogP contribution is 2.22. The maximum absolute atomic E-state index is 12.1. The van der Waals surface area contributed by atoms with Crippen LogP contribution in [0.25, 0.3) is 6.08 Å². The van der Waals surface area contributed by atoms with Crippen molar-refractivity contribution >= 4 is 17.8 Å². The third kappa shape index (κ3) is 4.07. The van der Waals surface area contributed by atoms with E-state index in [9.17, 15) is 4.79 Å². The average molecular weight is 336 g/mol. The molecule has 1 aliphatic heterocycles. The molecule has 25 heavy (non-hydrogen) atoms. The molecule has 2 aromatic rings. The molecule has 5 heteroatoms. The summed E-state index contributed by atoms with van der Waals surface area (Å²) in [5.74, 6) is 2.04. The number of amides is 1. The van der Waals surface area contributed by atoms with Crippen LogP contribution < -0.4 is 14.8 Å². The number of para-hydroxylation sites is 1. The van der Waals surface area contributed by atoms with Gasteiger partial charge in [-0.25, -0.2) is 4.99 Å². The highest BCUT2D eigenvalue weighted by atomic mass is 16.5. The summed E-state index contributed by atoms with van der Waals surface area (Å²) in [5.41, 5.74) is 2.39. The van der Waals surface area contributed by atoms with Crippen LogP contribution in [0.2, 0.25) is 0 Å². The zero-order valence-electron chi connectivity index (χ0n) is 14.3. The summed E-state index contributed by atoms with van der Waals surface area (Å²) in [7, 11) is 3.25. The van der Waals surface area contributed by atoms with Crippen molar-refractivity contribution in [1.29, 1.82) is 0 Å². The molecule has 0 fully saturated rings. The van der Waals surface area contributed by atoms with E-state index < -0.39 is 0 Å². The van der Waals surface area contributed by atoms with Gasteiger partial charge >= 0.3 is 0 Å². The Morgan fingerprint density at radius 3 is 2.48 bits per heavy atom. The molecule has 0 spiro atoms. The normalized spacial score (nSPS) is 15.0. The minimum absolute atomic E-state index is 0.185. The van der Waals surface area contributed by atoms with Gasteiger partial charge in [0.1, 0.15) is 23.0 Å². The molecule has 2 aromatic carbocycles. The van der Waals surface area contributed by atoms with Gasteiger partial charge in [-0.2, -0.15) is 0 Å². The number of carbonyl (C=O) groups is 1. The van der Waals surface area contributed by atoms with Crippen molar-refractivity contribution in [1.82, 2.24) is 5.32 Å². The molecule has 1 heterocycles. The molecule has 5 nitrogen and oxygen atoms in total. The van der Waals surface area contributed by atoms with E-state index in [1.807, 2.05) is 48.5 Å². The third-order valence-corrected chi connectivity index (χ3v) is 3.99. The predicted molar refractivity (Wildman–Crippen MR) is 97.9 cm³/mol. The highest BCUT2D eigenvalue weighted by molar-refractivity contribution is 6.14. The van der Waals surface area contributed by atoms with Gasteiger partial charge in [-0.3, -0.25) is 4.79 Å². The second-order valence-electron chi connectivity index (χ2n) is 5.63. The van der Waals surface area contributed by atoms with Gasteiger partial charge < -0.3 is 14.8 Å². The number of carbonyl (C=O) groups excluding carboxylic acids is 1. The SMILES string of the molecule is COc1ccc(CCC2=N/C(=C\c3ccccc3OC)C(=O)N2)cc1. The second-order valence-corrected chi connectivity index (χ2v) is 5.63. The number of hydrogen-bond donors (Lipinski definition) is 1. The minimum Gasteiger partial charge on any atom is -0.497 e. The van der Waals surface area contributed by atoms with E-state index in [-0.39, 0.29) is 5.91 Å². The van der Waals surface area contributed by atoms with Crippen LogP contribution in [0.3, 0.4) is 0 Å². The molecule has 0 aromatic heterocycles. The number of rotatable bonds is 6. The van der Waals surface area contributed by atoms with Crippen LogP contribution in [0, 0.1) is 0 Å². The van der Waals surface area contributed by atoms with Crippen LogP contribution in [-0.2, 0) is 11.2 Å². The first kappa shape index (κ1) is 16.8. The lowest BCUT2D eigenvalue weighted by Gasteiger charge is -2.03. The first-order valence-corrected chi connectivity index (χ1v) is 8.06. The van der Waals surface area contributed by atoms with Crippen molar-refractivity contribution in [2.75, 3.05) is 14.2 Å². The number of amidine groups is 1. The number of benzene rings is 2. The Bertz CT molecular complexity index is 823. The summed E-state index contributed by atoms with van der Waals surface area (Å²) in [6.07, 6.45) is 3.21. The Morgan fingerprint density at radius 1 is 1.00 bits per heavy atom. The molecule has 0 atom stereocenters. The minimum atomic E-state index is -0.185. The molecule has 1 amide bonds. The fraction of sp³-hybridized carbons (Fsp3) is 0.200. The molecule has 0 bridgehead atoms. The average Bonchev–Trinajstić information content (AvgIpc) is 3.00. The fourth-order valence-electron chi connectivity index (χ4n) is 2.62. The number of nitrogens with one attached hydrogen (secondary N) is 1. The van der Waals surface area contributed by atoms with E-state index in [0.29, 0.717) is 23.7 Å². The van der Waals surface area contributed by atoms with Crippen LogP contribution in [-0.4, -0.2) is 26.0 Å². The Labute approximate surface area is 147 Å². The quantitative estimate of drug-likeness (QED) is 0.824. The molecule has 0 aliphatic carbocycles. The van der Waals surface area contributed by atoms with Crippen molar-refractivity contribution in [2.24, 2.45) is 4.99 Å². The monoisotopic (exact) mass is 336 g/mol. The van der Waals surface area contributed by atoms with Crippen molar-refractivity contribution in [2.45, 2.75) is 12.8 Å². The maximum atomic E-state index is 12.1. The van der Waals surface area contributed by atoms with Crippen molar-refractivity contribution in [3.63, 3.8) is 0 Å². The smallest absolute Gasteiger partial charge is 0.275 e. The lowest BCUT2D eigenvalue weighted by Crippen LogP contribution is -2.24. The van der Waals surface area contributed by atoms with Gasteiger partial charge in [0, 0.05) is 12.0 Å². The third-order valence-electron chi connectivity index (χ3n) is 3.99. The van der Waals surface area contributed by atoms with Gasteiger partial charge in [0.15, 0.2) is 0 Å². The molecule has 1 N–H and O–H groups in total. The predicted octanol–water partition coefficient (Wildman–Crippen LogP) is 3.21. The van der Waals surface area contributed by atoms with E-state index in [0.717, 1.165) is 17.7 Å². The molecule has 0 saturated heterocycles. The van der Waals surface area contributed by atoms with Crippen LogP contribution in [0.5, 0.6) is 11.5 Å². The van der Waals surface area contributed by atoms with E-state index in [1.165, 1.54) is 5.56 Å². The van der Waals surface area contributed by atoms with Gasteiger partial charge in [0.2, 0.25) is 0 Å². The highest BCUT2D eigenvalue weighted by Gasteiger charge is 2.20. The van der Waals surface area contributed by atoms with Gasteiger partial charge in [0.25, 0.3) is 5.91 Å². The summed E-state index contributed by atoms with van der Waals surface area (Å²) in [6.45, 7) is 0. The van der Waals surface area contributed by atoms with Crippen LogP contribution in [0.15, 0.2) is 59.2 Å². The van der Waals surface area contributed by atoms with Crippen LogP contribution in [0.4, 0.5) is 0 Å². The summed E-state index contributed by atoms with van der Waals surface area (Å²) >= 11 is 0. The molecule has 1 aliphatic rings. The largest absolute Gasteiger partial charge is 0.497 e. The summed E-state index contributed by atoms with van der Waals surface area (Å²) in [5, 5.41) is 2.83. The van der Waals surface area contributed by atoms with E-state index >= 15 is 0 Å². The van der Waals surface area contributed by atoms with Crippen molar-refractivity contribution in [3.8, 4) is 11.5 Å². The molecular formula is C20H20N2O3. The van der Waals surface area contributed by atoms with Crippen LogP contribution >= 0.6 is 0 Å². The Kier molecular flexibility index (Phi) is 5.14. The van der Waals surface area contributed by atoms with Crippen molar-refractivity contribution in [3.05, 3.63) is 65.4 Å². The number of methoxy groups -OCH3 is 2. The van der Waals surface area contributed by atoms with Crippen LogP contribution in [0.1, 0.15) is 17.5 Å². The lowest BCUT2D eigenvalue weighted by molar-refractivity contribution is -0.115. The Morgan fingerprint density at radius 2 is 1.76 bits per heavy atom. The fourth-order valence-corrected chi connectivity index (χ4v) is 2.62. The van der Waals surface area contributed by atoms with E-state index in [2.05, 4.69) is 10.3 Å². The van der Waals surface area contributed by atoms with Gasteiger partial charge in [-0.1, -0.05) is 30.3 Å². The summed E-state index contributed by atoms with van der Waals surface area (Å²) in [6, 6.07) is 15.4. The number of nitrogens with zero attached hydrogens (tertiary/aromatic N) is 1. The van der Waals surface area contributed by atoms with Crippen molar-refractivity contribution < 1.29 is 14.3 Å². The number of ether oxygens (including phenoxy) is 2. The standard InChI is InChI=1S/C20H20N2O3/c1-24-16-10-7-14(8-11-16)9-12-19-21-17(20(23)22-19)13-15-5-3-4-6-18(15)25-2/h3-8,10-11,13H,9,12H2,1-2H3,(H,21,22,23)/b17-13-. The molecular weight excluding hydrogens is 316 g/mol. The lowest BCUT2D eigenvalue weighted by atomic mass is 10.1. The number of aryl methyl sites for hydroxylation is 1. The summed E-state index contributed by atoms with van der Waals surface area (Å²) < 4.78 is 10.5.